The highest BCUT2D eigenvalue weighted by Gasteiger charge is 2.30. The molecular formula is C32H25BrF3N3O3S. The van der Waals surface area contributed by atoms with Crippen LogP contribution in [0.25, 0.3) is 6.08 Å². The Bertz CT molecular complexity index is 1660. The van der Waals surface area contributed by atoms with Gasteiger partial charge >= 0.3 is 6.18 Å². The third-order valence-electron chi connectivity index (χ3n) is 5.92. The number of hydrogen-bond donors (Lipinski definition) is 3. The van der Waals surface area contributed by atoms with Crippen LogP contribution < -0.4 is 16.0 Å². The fourth-order valence-corrected chi connectivity index (χ4v) is 5.17. The summed E-state index contributed by atoms with van der Waals surface area (Å²) in [5.74, 6) is -1.51. The van der Waals surface area contributed by atoms with Crippen LogP contribution in [-0.4, -0.2) is 23.0 Å². The minimum absolute atomic E-state index is 0.0128. The molecule has 4 aromatic carbocycles. The Labute approximate surface area is 258 Å². The summed E-state index contributed by atoms with van der Waals surface area (Å²) >= 11 is 4.57. The summed E-state index contributed by atoms with van der Waals surface area (Å²) in [6.45, 7) is 1.62. The largest absolute Gasteiger partial charge is 0.416 e. The Morgan fingerprint density at radius 2 is 1.49 bits per heavy atom. The van der Waals surface area contributed by atoms with Crippen LogP contribution in [0.2, 0.25) is 0 Å². The second kappa shape index (κ2) is 14.2. The molecule has 0 spiro atoms. The van der Waals surface area contributed by atoms with Gasteiger partial charge in [-0.2, -0.15) is 13.2 Å². The van der Waals surface area contributed by atoms with Gasteiger partial charge in [0.2, 0.25) is 5.91 Å². The maximum atomic E-state index is 13.4. The maximum Gasteiger partial charge on any atom is 0.416 e. The number of nitrogens with one attached hydrogen (secondary N) is 3. The van der Waals surface area contributed by atoms with Crippen LogP contribution in [0, 0.1) is 0 Å². The quantitative estimate of drug-likeness (QED) is 0.125. The first-order chi connectivity index (χ1) is 20.5. The number of thioether (sulfide) groups is 1. The molecule has 0 radical (unpaired) electrons. The van der Waals surface area contributed by atoms with E-state index in [1.165, 1.54) is 23.9 Å². The molecule has 0 aromatic heterocycles. The predicted molar refractivity (Wildman–Crippen MR) is 166 cm³/mol. The number of carbonyl (C=O) groups excluding carboxylic acids is 3. The second-order valence-corrected chi connectivity index (χ2v) is 11.6. The molecule has 0 bridgehead atoms. The fraction of sp³-hybridized carbons (Fsp3) is 0.0938. The lowest BCUT2D eigenvalue weighted by molar-refractivity contribution is -0.137. The number of benzene rings is 4. The normalized spacial score (nSPS) is 12.3. The van der Waals surface area contributed by atoms with E-state index in [1.807, 2.05) is 6.07 Å². The minimum atomic E-state index is -4.52. The van der Waals surface area contributed by atoms with Crippen LogP contribution in [0.5, 0.6) is 0 Å². The van der Waals surface area contributed by atoms with Crippen molar-refractivity contribution in [2.24, 2.45) is 0 Å². The van der Waals surface area contributed by atoms with Gasteiger partial charge in [-0.15, -0.1) is 11.8 Å². The highest BCUT2D eigenvalue weighted by molar-refractivity contribution is 9.10. The molecule has 43 heavy (non-hydrogen) atoms. The standard InChI is InChI=1S/C32H25BrF3N3O3S/c1-20(29(40)37-25-13-6-11-23(18-25)32(34,35)36)43-27-15-7-14-26(19-27)38-31(42)28(17-21-8-5-12-24(33)16-21)39-30(41)22-9-3-2-4-10-22/h2-20H,1H3,(H,37,40)(H,38,42)(H,39,41)/b28-17+. The molecular weight excluding hydrogens is 643 g/mol. The van der Waals surface area contributed by atoms with Crippen molar-refractivity contribution in [3.63, 3.8) is 0 Å². The van der Waals surface area contributed by atoms with Crippen molar-refractivity contribution >= 4 is 62.9 Å². The molecule has 0 aliphatic heterocycles. The van der Waals surface area contributed by atoms with Gasteiger partial charge in [0.15, 0.2) is 0 Å². The van der Waals surface area contributed by atoms with Gasteiger partial charge in [0.05, 0.1) is 10.8 Å². The lowest BCUT2D eigenvalue weighted by Gasteiger charge is -2.15. The predicted octanol–water partition coefficient (Wildman–Crippen LogP) is 8.00. The summed E-state index contributed by atoms with van der Waals surface area (Å²) in [4.78, 5) is 39.6. The van der Waals surface area contributed by atoms with Crippen molar-refractivity contribution in [3.8, 4) is 0 Å². The van der Waals surface area contributed by atoms with Crippen LogP contribution in [0.15, 0.2) is 118 Å². The van der Waals surface area contributed by atoms with E-state index in [1.54, 1.807) is 85.8 Å². The van der Waals surface area contributed by atoms with Crippen LogP contribution >= 0.6 is 27.7 Å². The molecule has 4 rings (SSSR count). The average molecular weight is 669 g/mol. The molecule has 4 aromatic rings. The van der Waals surface area contributed by atoms with Crippen molar-refractivity contribution in [2.75, 3.05) is 10.6 Å². The molecule has 0 saturated carbocycles. The number of hydrogen-bond acceptors (Lipinski definition) is 4. The number of rotatable bonds is 9. The molecule has 0 heterocycles. The molecule has 1 unspecified atom stereocenters. The Kier molecular flexibility index (Phi) is 10.4. The van der Waals surface area contributed by atoms with Crippen molar-refractivity contribution < 1.29 is 27.6 Å². The zero-order valence-electron chi connectivity index (χ0n) is 22.6. The van der Waals surface area contributed by atoms with E-state index in [2.05, 4.69) is 31.9 Å². The van der Waals surface area contributed by atoms with Crippen molar-refractivity contribution in [1.82, 2.24) is 5.32 Å². The third-order valence-corrected chi connectivity index (χ3v) is 7.51. The summed E-state index contributed by atoms with van der Waals surface area (Å²) < 4.78 is 39.9. The smallest absolute Gasteiger partial charge is 0.325 e. The van der Waals surface area contributed by atoms with Gasteiger partial charge in [0.25, 0.3) is 11.8 Å². The first-order valence-corrected chi connectivity index (χ1v) is 14.5. The van der Waals surface area contributed by atoms with E-state index in [-0.39, 0.29) is 11.4 Å². The van der Waals surface area contributed by atoms with E-state index < -0.39 is 34.7 Å². The molecule has 220 valence electrons. The first-order valence-electron chi connectivity index (χ1n) is 12.9. The monoisotopic (exact) mass is 667 g/mol. The zero-order valence-corrected chi connectivity index (χ0v) is 25.0. The van der Waals surface area contributed by atoms with Gasteiger partial charge in [0.1, 0.15) is 5.70 Å². The van der Waals surface area contributed by atoms with Crippen LogP contribution in [0.3, 0.4) is 0 Å². The van der Waals surface area contributed by atoms with Gasteiger partial charge in [-0.1, -0.05) is 58.4 Å². The highest BCUT2D eigenvalue weighted by Crippen LogP contribution is 2.31. The molecule has 0 aliphatic carbocycles. The molecule has 6 nitrogen and oxygen atoms in total. The van der Waals surface area contributed by atoms with Crippen molar-refractivity contribution in [1.29, 1.82) is 0 Å². The molecule has 0 saturated heterocycles. The SMILES string of the molecule is CC(Sc1cccc(NC(=O)/C(=C\c2cccc(Br)c2)NC(=O)c2ccccc2)c1)C(=O)Nc1cccc(C(F)(F)F)c1. The van der Waals surface area contributed by atoms with Gasteiger partial charge in [-0.05, 0) is 79.2 Å². The molecule has 0 fully saturated rings. The first kappa shape index (κ1) is 31.6. The summed E-state index contributed by atoms with van der Waals surface area (Å²) in [5.41, 5.74) is 0.662. The minimum Gasteiger partial charge on any atom is -0.325 e. The fourth-order valence-electron chi connectivity index (χ4n) is 3.83. The summed E-state index contributed by atoms with van der Waals surface area (Å²) in [5, 5.41) is 7.31. The Morgan fingerprint density at radius 3 is 2.19 bits per heavy atom. The van der Waals surface area contributed by atoms with Crippen molar-refractivity contribution in [2.45, 2.75) is 23.2 Å². The summed E-state index contributed by atoms with van der Waals surface area (Å²) in [6.07, 6.45) is -2.97. The zero-order chi connectivity index (χ0) is 31.0. The Balaban J connectivity index is 1.47. The van der Waals surface area contributed by atoms with Gasteiger partial charge in [0, 0.05) is 26.3 Å². The summed E-state index contributed by atoms with van der Waals surface area (Å²) in [6, 6.07) is 26.9. The summed E-state index contributed by atoms with van der Waals surface area (Å²) in [7, 11) is 0. The van der Waals surface area contributed by atoms with E-state index in [0.29, 0.717) is 21.7 Å². The topological polar surface area (TPSA) is 87.3 Å². The molecule has 0 aliphatic rings. The number of halogens is 4. The molecule has 3 amide bonds. The Morgan fingerprint density at radius 1 is 0.814 bits per heavy atom. The lowest BCUT2D eigenvalue weighted by Crippen LogP contribution is -2.30. The number of carbonyl (C=O) groups is 3. The second-order valence-electron chi connectivity index (χ2n) is 9.24. The average Bonchev–Trinajstić information content (AvgIpc) is 2.97. The van der Waals surface area contributed by atoms with E-state index >= 15 is 0 Å². The van der Waals surface area contributed by atoms with Crippen LogP contribution in [-0.2, 0) is 15.8 Å². The third kappa shape index (κ3) is 9.32. The molecule has 1 atom stereocenters. The van der Waals surface area contributed by atoms with Crippen LogP contribution in [0.1, 0.15) is 28.4 Å². The van der Waals surface area contributed by atoms with Crippen molar-refractivity contribution in [3.05, 3.63) is 130 Å². The van der Waals surface area contributed by atoms with E-state index in [0.717, 1.165) is 16.6 Å². The lowest BCUT2D eigenvalue weighted by atomic mass is 10.1. The number of anilines is 2. The van der Waals surface area contributed by atoms with Gasteiger partial charge in [-0.3, -0.25) is 14.4 Å². The maximum absolute atomic E-state index is 13.4. The number of amides is 3. The van der Waals surface area contributed by atoms with Crippen LogP contribution in [0.4, 0.5) is 24.5 Å². The van der Waals surface area contributed by atoms with Gasteiger partial charge < -0.3 is 16.0 Å². The molecule has 3 N–H and O–H groups in total. The molecule has 11 heteroatoms. The number of alkyl halides is 3. The highest BCUT2D eigenvalue weighted by atomic mass is 79.9. The Hall–Kier alpha value is -4.35. The van der Waals surface area contributed by atoms with E-state index in [9.17, 15) is 27.6 Å². The van der Waals surface area contributed by atoms with Gasteiger partial charge in [-0.25, -0.2) is 0 Å². The van der Waals surface area contributed by atoms with E-state index in [4.69, 9.17) is 0 Å².